The monoisotopic (exact) mass is 970 g/mol. The maximum atomic E-state index is 2.46. The number of hydrogen-bond donors (Lipinski definition) is 0. The molecule has 0 spiro atoms. The average molecular weight is 971 g/mol. The Morgan fingerprint density at radius 1 is 0.237 bits per heavy atom. The van der Waals surface area contributed by atoms with Gasteiger partial charge in [-0.15, -0.1) is 0 Å². The van der Waals surface area contributed by atoms with Crippen LogP contribution in [0.2, 0.25) is 0 Å². The number of benzene rings is 12. The van der Waals surface area contributed by atoms with Crippen molar-refractivity contribution in [1.29, 1.82) is 0 Å². The summed E-state index contributed by atoms with van der Waals surface area (Å²) in [6.07, 6.45) is 0. The fourth-order valence-corrected chi connectivity index (χ4v) is 11.8. The van der Waals surface area contributed by atoms with Gasteiger partial charge in [0, 0.05) is 34.1 Å². The smallest absolute Gasteiger partial charge is 0.0714 e. The number of aryl methyl sites for hydroxylation is 1. The fourth-order valence-electron chi connectivity index (χ4n) is 11.8. The molecule has 2 nitrogen and oxygen atoms in total. The third-order valence-corrected chi connectivity index (χ3v) is 15.3. The van der Waals surface area contributed by atoms with E-state index in [-0.39, 0.29) is 0 Å². The molecule has 1 aliphatic rings. The van der Waals surface area contributed by atoms with Gasteiger partial charge in [0.2, 0.25) is 0 Å². The van der Waals surface area contributed by atoms with Crippen LogP contribution in [0.15, 0.2) is 309 Å². The Morgan fingerprint density at radius 2 is 0.566 bits per heavy atom. The maximum absolute atomic E-state index is 2.46. The summed E-state index contributed by atoms with van der Waals surface area (Å²) in [5, 5.41) is 0. The van der Waals surface area contributed by atoms with Crippen molar-refractivity contribution in [2.45, 2.75) is 12.3 Å². The van der Waals surface area contributed by atoms with Crippen LogP contribution in [0.1, 0.15) is 27.8 Å². The van der Waals surface area contributed by atoms with Crippen molar-refractivity contribution in [1.82, 2.24) is 0 Å². The molecule has 12 aromatic rings. The van der Waals surface area contributed by atoms with E-state index in [2.05, 4.69) is 326 Å². The second-order valence-corrected chi connectivity index (χ2v) is 19.7. The van der Waals surface area contributed by atoms with Gasteiger partial charge in [-0.3, -0.25) is 0 Å². The van der Waals surface area contributed by atoms with Crippen molar-refractivity contribution < 1.29 is 0 Å². The van der Waals surface area contributed by atoms with E-state index in [1.807, 2.05) is 0 Å². The molecule has 0 aromatic heterocycles. The minimum atomic E-state index is -0.523. The zero-order chi connectivity index (χ0) is 50.8. The average Bonchev–Trinajstić information content (AvgIpc) is 4.01. The molecule has 0 unspecified atom stereocenters. The molecule has 2 heteroatoms. The summed E-state index contributed by atoms with van der Waals surface area (Å²) in [6, 6.07) is 113. The third-order valence-electron chi connectivity index (χ3n) is 15.3. The first-order chi connectivity index (χ1) is 37.6. The molecule has 13 rings (SSSR count). The van der Waals surface area contributed by atoms with Gasteiger partial charge in [-0.25, -0.2) is 0 Å². The lowest BCUT2D eigenvalue weighted by atomic mass is 9.67. The van der Waals surface area contributed by atoms with Crippen LogP contribution in [0, 0.1) is 6.92 Å². The van der Waals surface area contributed by atoms with Gasteiger partial charge in [-0.1, -0.05) is 224 Å². The molecule has 0 fully saturated rings. The topological polar surface area (TPSA) is 6.48 Å². The number of hydrogen-bond acceptors (Lipinski definition) is 2. The quantitative estimate of drug-likeness (QED) is 0.120. The van der Waals surface area contributed by atoms with Crippen molar-refractivity contribution in [2.24, 2.45) is 0 Å². The van der Waals surface area contributed by atoms with E-state index in [4.69, 9.17) is 0 Å². The first-order valence-corrected chi connectivity index (χ1v) is 26.2. The zero-order valence-corrected chi connectivity index (χ0v) is 42.3. The second-order valence-electron chi connectivity index (χ2n) is 19.7. The van der Waals surface area contributed by atoms with Gasteiger partial charge in [-0.05, 0) is 175 Å². The van der Waals surface area contributed by atoms with Crippen LogP contribution in [0.25, 0.3) is 55.6 Å². The number of para-hydroxylation sites is 3. The predicted molar refractivity (Wildman–Crippen MR) is 320 cm³/mol. The van der Waals surface area contributed by atoms with Gasteiger partial charge in [-0.2, -0.15) is 0 Å². The van der Waals surface area contributed by atoms with Gasteiger partial charge >= 0.3 is 0 Å². The number of rotatable bonds is 12. The first-order valence-electron chi connectivity index (χ1n) is 26.2. The number of fused-ring (bicyclic) bond motifs is 3. The number of nitrogens with zero attached hydrogens (tertiary/aromatic N) is 2. The lowest BCUT2D eigenvalue weighted by Crippen LogP contribution is -2.28. The molecule has 0 aliphatic heterocycles. The predicted octanol–water partition coefficient (Wildman–Crippen LogP) is 20.0. The van der Waals surface area contributed by atoms with Gasteiger partial charge in [0.1, 0.15) is 0 Å². The van der Waals surface area contributed by atoms with Crippen molar-refractivity contribution in [3.8, 4) is 55.6 Å². The summed E-state index contributed by atoms with van der Waals surface area (Å²) in [5.41, 5.74) is 24.4. The highest BCUT2D eigenvalue weighted by atomic mass is 15.1. The summed E-state index contributed by atoms with van der Waals surface area (Å²) >= 11 is 0. The molecule has 0 saturated carbocycles. The van der Waals surface area contributed by atoms with Crippen LogP contribution >= 0.6 is 0 Å². The van der Waals surface area contributed by atoms with E-state index in [9.17, 15) is 0 Å². The SMILES string of the molecule is Cc1cccc2c1-c1ccc(N(c3ccccc3)c3ccc(-c4cc(-c5ccccc5)c(-c5ccc(N(c6ccccc6)c6ccccc6)cc5)cc4-c4ccccc4)cc3)cc1C2(c1ccccc1)c1ccccc1. The molecule has 0 bridgehead atoms. The summed E-state index contributed by atoms with van der Waals surface area (Å²) in [5.74, 6) is 0. The normalized spacial score (nSPS) is 12.1. The van der Waals surface area contributed by atoms with E-state index in [1.165, 1.54) is 72.3 Å². The highest BCUT2D eigenvalue weighted by Crippen LogP contribution is 2.58. The van der Waals surface area contributed by atoms with Gasteiger partial charge in [0.25, 0.3) is 0 Å². The van der Waals surface area contributed by atoms with Crippen LogP contribution in [0.4, 0.5) is 34.1 Å². The highest BCUT2D eigenvalue weighted by molar-refractivity contribution is 5.97. The van der Waals surface area contributed by atoms with Crippen molar-refractivity contribution in [3.63, 3.8) is 0 Å². The Kier molecular flexibility index (Phi) is 12.1. The number of anilines is 6. The molecule has 76 heavy (non-hydrogen) atoms. The van der Waals surface area contributed by atoms with E-state index in [1.54, 1.807) is 0 Å². The Bertz CT molecular complexity index is 3860. The summed E-state index contributed by atoms with van der Waals surface area (Å²) in [4.78, 5) is 4.73. The summed E-state index contributed by atoms with van der Waals surface area (Å²) in [7, 11) is 0. The van der Waals surface area contributed by atoms with Crippen LogP contribution in [0.3, 0.4) is 0 Å². The molecule has 0 atom stereocenters. The molecular formula is C74H54N2. The molecule has 1 aliphatic carbocycles. The van der Waals surface area contributed by atoms with E-state index < -0.39 is 5.41 Å². The standard InChI is InChI=1S/C74H54N2/c1-53-24-23-39-71-73(53)66-49-48-65(50-72(66)74(71,58-29-13-4-14-30-58)59-31-15-5-16-32-59)76(62-37-21-8-22-38-62)64-46-42-57(43-47-64)70-52-67(54-25-9-2-10-26-54)69(51-68(70)55-27-11-3-12-28-55)56-40-44-63(45-41-56)75(60-33-17-6-18-34-60)61-35-19-7-20-36-61/h2-52H,1H3. The Morgan fingerprint density at radius 3 is 0.974 bits per heavy atom. The molecular weight excluding hydrogens is 917 g/mol. The van der Waals surface area contributed by atoms with Crippen LogP contribution in [-0.4, -0.2) is 0 Å². The molecule has 0 heterocycles. The zero-order valence-electron chi connectivity index (χ0n) is 42.3. The molecule has 0 saturated heterocycles. The van der Waals surface area contributed by atoms with Crippen LogP contribution in [-0.2, 0) is 5.41 Å². The van der Waals surface area contributed by atoms with Gasteiger partial charge in [0.05, 0.1) is 5.41 Å². The van der Waals surface area contributed by atoms with Gasteiger partial charge < -0.3 is 9.80 Å². The molecule has 360 valence electrons. The molecule has 12 aromatic carbocycles. The Labute approximate surface area is 446 Å². The van der Waals surface area contributed by atoms with E-state index in [0.717, 1.165) is 45.3 Å². The van der Waals surface area contributed by atoms with Crippen molar-refractivity contribution in [3.05, 3.63) is 337 Å². The first kappa shape index (κ1) is 46.1. The molecule has 0 N–H and O–H groups in total. The minimum absolute atomic E-state index is 0.523. The summed E-state index contributed by atoms with van der Waals surface area (Å²) < 4.78 is 0. The largest absolute Gasteiger partial charge is 0.311 e. The van der Waals surface area contributed by atoms with E-state index in [0.29, 0.717) is 0 Å². The fraction of sp³-hybridized carbons (Fsp3) is 0.0270. The Balaban J connectivity index is 0.949. The summed E-state index contributed by atoms with van der Waals surface area (Å²) in [6.45, 7) is 2.25. The van der Waals surface area contributed by atoms with Crippen LogP contribution < -0.4 is 9.80 Å². The highest BCUT2D eigenvalue weighted by Gasteiger charge is 2.47. The van der Waals surface area contributed by atoms with E-state index >= 15 is 0 Å². The maximum Gasteiger partial charge on any atom is 0.0714 e. The minimum Gasteiger partial charge on any atom is -0.311 e. The lowest BCUT2D eigenvalue weighted by Gasteiger charge is -2.35. The van der Waals surface area contributed by atoms with Crippen LogP contribution in [0.5, 0.6) is 0 Å². The molecule has 0 amide bonds. The third kappa shape index (κ3) is 8.18. The lowest BCUT2D eigenvalue weighted by molar-refractivity contribution is 0.768. The molecule has 0 radical (unpaired) electrons. The van der Waals surface area contributed by atoms with Crippen molar-refractivity contribution in [2.75, 3.05) is 9.80 Å². The van der Waals surface area contributed by atoms with Crippen molar-refractivity contribution >= 4 is 34.1 Å². The Hall–Kier alpha value is -9.76. The second kappa shape index (κ2) is 19.9. The van der Waals surface area contributed by atoms with Gasteiger partial charge in [0.15, 0.2) is 0 Å².